The molecule has 0 saturated carbocycles. The molecule has 2 nitrogen and oxygen atoms in total. The smallest absolute Gasteiger partial charge is 0.186 e. The first-order valence-electron chi connectivity index (χ1n) is 5.85. The highest BCUT2D eigenvalue weighted by atomic mass is 32.1. The lowest BCUT2D eigenvalue weighted by molar-refractivity contribution is 0.192. The molecule has 1 aromatic heterocycles. The molecule has 0 spiro atoms. The third-order valence-electron chi connectivity index (χ3n) is 2.07. The Labute approximate surface area is 114 Å². The van der Waals surface area contributed by atoms with Gasteiger partial charge in [0.15, 0.2) is 13.9 Å². The number of thiophene rings is 1. The molecular formula is C14H19NOSSi. The number of nitriles is 1. The first-order valence-corrected chi connectivity index (χ1v) is 10.1. The van der Waals surface area contributed by atoms with Crippen molar-refractivity contribution in [2.45, 2.75) is 32.2 Å². The van der Waals surface area contributed by atoms with E-state index in [2.05, 4.69) is 31.8 Å². The van der Waals surface area contributed by atoms with Crippen molar-refractivity contribution in [2.75, 3.05) is 0 Å². The summed E-state index contributed by atoms with van der Waals surface area (Å²) in [4.78, 5) is 1.20. The molecule has 0 aliphatic heterocycles. The Morgan fingerprint density at radius 2 is 2.11 bits per heavy atom. The van der Waals surface area contributed by atoms with Gasteiger partial charge in [-0.3, -0.25) is 0 Å². The average Bonchev–Trinajstić information content (AvgIpc) is 2.75. The van der Waals surface area contributed by atoms with Gasteiger partial charge in [-0.05, 0) is 50.2 Å². The van der Waals surface area contributed by atoms with Crippen molar-refractivity contribution in [3.63, 3.8) is 0 Å². The molecule has 0 saturated heterocycles. The van der Waals surface area contributed by atoms with Crippen LogP contribution in [0.25, 0.3) is 6.08 Å². The van der Waals surface area contributed by atoms with Crippen LogP contribution in [0.15, 0.2) is 35.7 Å². The minimum absolute atomic E-state index is 0.829. The standard InChI is InChI=1S/C14H19NOSSi/c1-14(12-15,16-18(2,3)4)10-6-5-8-13-9-7-11-17-13/h5-11H,1-4H3/b8-5+,10-6+/t14-/m0/s1. The van der Waals surface area contributed by atoms with Gasteiger partial charge < -0.3 is 4.43 Å². The van der Waals surface area contributed by atoms with Crippen LogP contribution in [0.3, 0.4) is 0 Å². The van der Waals surface area contributed by atoms with E-state index in [1.807, 2.05) is 35.8 Å². The second-order valence-electron chi connectivity index (χ2n) is 5.17. The Hall–Kier alpha value is -1.15. The van der Waals surface area contributed by atoms with Crippen LogP contribution in [0, 0.1) is 11.3 Å². The molecule has 0 aliphatic carbocycles. The summed E-state index contributed by atoms with van der Waals surface area (Å²) in [6.45, 7) is 8.05. The van der Waals surface area contributed by atoms with Gasteiger partial charge in [-0.1, -0.05) is 18.2 Å². The van der Waals surface area contributed by atoms with Crippen LogP contribution in [-0.4, -0.2) is 13.9 Å². The van der Waals surface area contributed by atoms with Crippen LogP contribution in [0.4, 0.5) is 0 Å². The predicted molar refractivity (Wildman–Crippen MR) is 80.9 cm³/mol. The Bertz CT molecular complexity index is 465. The number of hydrogen-bond donors (Lipinski definition) is 0. The fourth-order valence-electron chi connectivity index (χ4n) is 1.51. The maximum absolute atomic E-state index is 9.21. The average molecular weight is 277 g/mol. The van der Waals surface area contributed by atoms with Crippen LogP contribution in [0.2, 0.25) is 19.6 Å². The van der Waals surface area contributed by atoms with Gasteiger partial charge >= 0.3 is 0 Å². The van der Waals surface area contributed by atoms with E-state index in [1.54, 1.807) is 18.3 Å². The van der Waals surface area contributed by atoms with Crippen molar-refractivity contribution in [2.24, 2.45) is 0 Å². The fourth-order valence-corrected chi connectivity index (χ4v) is 3.52. The molecule has 0 unspecified atom stereocenters. The summed E-state index contributed by atoms with van der Waals surface area (Å²) in [5.41, 5.74) is -0.829. The van der Waals surface area contributed by atoms with Crippen molar-refractivity contribution in [3.05, 3.63) is 40.6 Å². The summed E-state index contributed by atoms with van der Waals surface area (Å²) >= 11 is 1.69. The normalized spacial score (nSPS) is 15.9. The van der Waals surface area contributed by atoms with E-state index in [1.165, 1.54) is 4.88 Å². The van der Waals surface area contributed by atoms with Crippen molar-refractivity contribution in [1.82, 2.24) is 0 Å². The minimum Gasteiger partial charge on any atom is -0.397 e. The van der Waals surface area contributed by atoms with Gasteiger partial charge in [0.05, 0.1) is 0 Å². The highest BCUT2D eigenvalue weighted by molar-refractivity contribution is 7.10. The van der Waals surface area contributed by atoms with Gasteiger partial charge in [0.25, 0.3) is 0 Å². The van der Waals surface area contributed by atoms with Gasteiger partial charge in [-0.25, -0.2) is 0 Å². The molecule has 0 amide bonds. The molecule has 0 aliphatic rings. The summed E-state index contributed by atoms with van der Waals surface area (Å²) < 4.78 is 5.87. The molecule has 18 heavy (non-hydrogen) atoms. The fraction of sp³-hybridized carbons (Fsp3) is 0.357. The van der Waals surface area contributed by atoms with Gasteiger partial charge in [0.1, 0.15) is 6.07 Å². The topological polar surface area (TPSA) is 33.0 Å². The molecule has 96 valence electrons. The Balaban J connectivity index is 2.66. The van der Waals surface area contributed by atoms with Crippen LogP contribution < -0.4 is 0 Å². The van der Waals surface area contributed by atoms with Crippen molar-refractivity contribution in [1.29, 1.82) is 5.26 Å². The molecule has 1 atom stereocenters. The van der Waals surface area contributed by atoms with E-state index in [0.717, 1.165) is 0 Å². The Morgan fingerprint density at radius 1 is 1.39 bits per heavy atom. The maximum Gasteiger partial charge on any atom is 0.186 e. The largest absolute Gasteiger partial charge is 0.397 e. The zero-order valence-corrected chi connectivity index (χ0v) is 13.1. The SMILES string of the molecule is C[C@@](C#N)(/C=C/C=C/c1cccs1)O[Si](C)(C)C. The zero-order valence-electron chi connectivity index (χ0n) is 11.3. The first kappa shape index (κ1) is 14.9. The molecule has 0 aromatic carbocycles. The highest BCUT2D eigenvalue weighted by Crippen LogP contribution is 2.19. The van der Waals surface area contributed by atoms with Crippen molar-refractivity contribution >= 4 is 25.7 Å². The lowest BCUT2D eigenvalue weighted by Gasteiger charge is -2.27. The van der Waals surface area contributed by atoms with Gasteiger partial charge in [0.2, 0.25) is 0 Å². The molecule has 1 aromatic rings. The van der Waals surface area contributed by atoms with Crippen LogP contribution in [0.5, 0.6) is 0 Å². The lowest BCUT2D eigenvalue weighted by Crippen LogP contribution is -2.38. The highest BCUT2D eigenvalue weighted by Gasteiger charge is 2.28. The van der Waals surface area contributed by atoms with Gasteiger partial charge in [0, 0.05) is 4.88 Å². The third-order valence-corrected chi connectivity index (χ3v) is 3.94. The number of rotatable bonds is 5. The van der Waals surface area contributed by atoms with E-state index in [-0.39, 0.29) is 0 Å². The molecule has 0 radical (unpaired) electrons. The summed E-state index contributed by atoms with van der Waals surface area (Å²) in [6, 6.07) is 6.29. The van der Waals surface area contributed by atoms with E-state index in [9.17, 15) is 5.26 Å². The Kier molecular flexibility index (Phi) is 5.09. The maximum atomic E-state index is 9.21. The van der Waals surface area contributed by atoms with E-state index >= 15 is 0 Å². The molecule has 0 fully saturated rings. The first-order chi connectivity index (χ1) is 8.35. The third kappa shape index (κ3) is 5.45. The molecule has 1 heterocycles. The van der Waals surface area contributed by atoms with Crippen LogP contribution in [0.1, 0.15) is 11.8 Å². The number of nitrogens with zero attached hydrogens (tertiary/aromatic N) is 1. The molecule has 0 N–H and O–H groups in total. The van der Waals surface area contributed by atoms with Crippen LogP contribution in [-0.2, 0) is 4.43 Å². The lowest BCUT2D eigenvalue weighted by atomic mass is 10.1. The number of allylic oxidation sites excluding steroid dienone is 2. The predicted octanol–water partition coefficient (Wildman–Crippen LogP) is 4.45. The number of hydrogen-bond acceptors (Lipinski definition) is 3. The second kappa shape index (κ2) is 6.14. The summed E-state index contributed by atoms with van der Waals surface area (Å²) in [7, 11) is -1.72. The monoisotopic (exact) mass is 277 g/mol. The Morgan fingerprint density at radius 3 is 2.61 bits per heavy atom. The van der Waals surface area contributed by atoms with E-state index in [4.69, 9.17) is 4.43 Å². The summed E-state index contributed by atoms with van der Waals surface area (Å²) in [6.07, 6.45) is 7.65. The molecule has 4 heteroatoms. The van der Waals surface area contributed by atoms with Crippen LogP contribution >= 0.6 is 11.3 Å². The molecule has 0 bridgehead atoms. The summed E-state index contributed by atoms with van der Waals surface area (Å²) in [5, 5.41) is 11.2. The van der Waals surface area contributed by atoms with Crippen molar-refractivity contribution < 1.29 is 4.43 Å². The second-order valence-corrected chi connectivity index (χ2v) is 10.6. The quantitative estimate of drug-likeness (QED) is 0.588. The van der Waals surface area contributed by atoms with E-state index in [0.29, 0.717) is 0 Å². The van der Waals surface area contributed by atoms with E-state index < -0.39 is 13.9 Å². The van der Waals surface area contributed by atoms with Gasteiger partial charge in [-0.2, -0.15) is 5.26 Å². The summed E-state index contributed by atoms with van der Waals surface area (Å²) in [5.74, 6) is 0. The van der Waals surface area contributed by atoms with Gasteiger partial charge in [-0.15, -0.1) is 11.3 Å². The minimum atomic E-state index is -1.72. The molecule has 1 rings (SSSR count). The molecular weight excluding hydrogens is 258 g/mol. The van der Waals surface area contributed by atoms with Crippen molar-refractivity contribution in [3.8, 4) is 6.07 Å². The zero-order chi connectivity index (χ0) is 13.6.